The predicted octanol–water partition coefficient (Wildman–Crippen LogP) is 4.37. The Morgan fingerprint density at radius 1 is 1.12 bits per heavy atom. The van der Waals surface area contributed by atoms with E-state index in [1.807, 2.05) is 42.5 Å². The molecule has 0 radical (unpaired) electrons. The zero-order chi connectivity index (χ0) is 22.3. The lowest BCUT2D eigenvalue weighted by Crippen LogP contribution is -2.45. The monoisotopic (exact) mass is 431 g/mol. The number of aliphatic imine (C=N–C) groups is 1. The maximum Gasteiger partial charge on any atom is 0.223 e. The SMILES string of the molecule is COc1cccc(C2=CCC([C@H](Cc3ccccc3)NC(=O)C3CCC(CN)CC3)=N2)c1. The maximum atomic E-state index is 13.2. The summed E-state index contributed by atoms with van der Waals surface area (Å²) in [6, 6.07) is 18.1. The molecule has 0 spiro atoms. The fourth-order valence-corrected chi connectivity index (χ4v) is 4.68. The largest absolute Gasteiger partial charge is 0.497 e. The Kier molecular flexibility index (Phi) is 7.38. The van der Waals surface area contributed by atoms with Crippen LogP contribution in [0.1, 0.15) is 43.2 Å². The summed E-state index contributed by atoms with van der Waals surface area (Å²) in [5, 5.41) is 3.35. The number of hydrogen-bond acceptors (Lipinski definition) is 4. The molecule has 1 amide bonds. The fourth-order valence-electron chi connectivity index (χ4n) is 4.68. The molecule has 1 saturated carbocycles. The van der Waals surface area contributed by atoms with Gasteiger partial charge in [-0.05, 0) is 62.3 Å². The van der Waals surface area contributed by atoms with E-state index in [0.717, 1.165) is 67.8 Å². The molecule has 2 aromatic rings. The Balaban J connectivity index is 1.50. The van der Waals surface area contributed by atoms with E-state index in [9.17, 15) is 4.79 Å². The van der Waals surface area contributed by atoms with Gasteiger partial charge in [-0.1, -0.05) is 48.5 Å². The molecule has 0 bridgehead atoms. The Hall–Kier alpha value is -2.92. The zero-order valence-electron chi connectivity index (χ0n) is 18.8. The molecule has 2 aromatic carbocycles. The van der Waals surface area contributed by atoms with Crippen LogP contribution in [0.5, 0.6) is 5.75 Å². The van der Waals surface area contributed by atoms with Crippen LogP contribution in [0.2, 0.25) is 0 Å². The van der Waals surface area contributed by atoms with Crippen molar-refractivity contribution in [2.75, 3.05) is 13.7 Å². The van der Waals surface area contributed by atoms with E-state index in [1.165, 1.54) is 5.56 Å². The van der Waals surface area contributed by atoms with Crippen molar-refractivity contribution in [3.8, 4) is 5.75 Å². The summed E-state index contributed by atoms with van der Waals surface area (Å²) in [7, 11) is 1.67. The smallest absolute Gasteiger partial charge is 0.223 e. The standard InChI is InChI=1S/C27H33N3O2/c1-32-23-9-5-8-22(17-23)24-14-15-25(29-24)26(16-19-6-3-2-4-7-19)30-27(31)21-12-10-20(18-28)11-13-21/h2-9,14,17,20-21,26H,10-13,15-16,18,28H2,1H3,(H,30,31)/t20?,21?,26-/m0/s1. The number of allylic oxidation sites excluding steroid dienone is 1. The number of methoxy groups -OCH3 is 1. The molecule has 0 unspecified atom stereocenters. The van der Waals surface area contributed by atoms with Crippen molar-refractivity contribution in [3.05, 3.63) is 71.8 Å². The molecule has 168 valence electrons. The molecule has 4 rings (SSSR count). The fraction of sp³-hybridized carbons (Fsp3) is 0.407. The molecule has 1 atom stereocenters. The number of carbonyl (C=O) groups excluding carboxylic acids is 1. The Bertz CT molecular complexity index is 975. The topological polar surface area (TPSA) is 76.7 Å². The molecular formula is C27H33N3O2. The Labute approximate surface area is 190 Å². The van der Waals surface area contributed by atoms with Crippen molar-refractivity contribution in [1.29, 1.82) is 0 Å². The molecule has 1 aliphatic heterocycles. The van der Waals surface area contributed by atoms with Gasteiger partial charge in [-0.3, -0.25) is 9.79 Å². The molecule has 5 heteroatoms. The first-order valence-corrected chi connectivity index (χ1v) is 11.6. The van der Waals surface area contributed by atoms with Crippen LogP contribution in [0.4, 0.5) is 0 Å². The molecule has 32 heavy (non-hydrogen) atoms. The Morgan fingerprint density at radius 2 is 1.91 bits per heavy atom. The average molecular weight is 432 g/mol. The molecule has 2 aliphatic rings. The van der Waals surface area contributed by atoms with Gasteiger partial charge < -0.3 is 15.8 Å². The third kappa shape index (κ3) is 5.46. The number of ether oxygens (including phenoxy) is 1. The number of rotatable bonds is 8. The van der Waals surface area contributed by atoms with Gasteiger partial charge in [-0.2, -0.15) is 0 Å². The Morgan fingerprint density at radius 3 is 2.62 bits per heavy atom. The minimum absolute atomic E-state index is 0.0730. The first-order chi connectivity index (χ1) is 15.7. The van der Waals surface area contributed by atoms with Crippen LogP contribution in [0.25, 0.3) is 5.70 Å². The summed E-state index contributed by atoms with van der Waals surface area (Å²) in [6.07, 6.45) is 7.55. The van der Waals surface area contributed by atoms with Gasteiger partial charge in [-0.15, -0.1) is 0 Å². The van der Waals surface area contributed by atoms with Crippen molar-refractivity contribution < 1.29 is 9.53 Å². The lowest BCUT2D eigenvalue weighted by molar-refractivity contribution is -0.126. The van der Waals surface area contributed by atoms with Gasteiger partial charge in [0.15, 0.2) is 0 Å². The van der Waals surface area contributed by atoms with Crippen LogP contribution in [0.3, 0.4) is 0 Å². The van der Waals surface area contributed by atoms with Gasteiger partial charge in [0.1, 0.15) is 5.75 Å². The molecule has 0 aromatic heterocycles. The summed E-state index contributed by atoms with van der Waals surface area (Å²) in [5.74, 6) is 1.60. The van der Waals surface area contributed by atoms with E-state index in [4.69, 9.17) is 15.5 Å². The minimum atomic E-state index is -0.114. The molecule has 1 fully saturated rings. The first kappa shape index (κ1) is 22.3. The lowest BCUT2D eigenvalue weighted by atomic mass is 9.81. The number of nitrogens with one attached hydrogen (secondary N) is 1. The van der Waals surface area contributed by atoms with Crippen molar-refractivity contribution in [2.24, 2.45) is 22.6 Å². The highest BCUT2D eigenvalue weighted by atomic mass is 16.5. The third-order valence-electron chi connectivity index (χ3n) is 6.69. The van der Waals surface area contributed by atoms with Crippen molar-refractivity contribution in [2.45, 2.75) is 44.6 Å². The normalized spacial score (nSPS) is 21.4. The second-order valence-corrected chi connectivity index (χ2v) is 8.83. The molecule has 0 saturated heterocycles. The number of hydrogen-bond donors (Lipinski definition) is 2. The number of amides is 1. The van der Waals surface area contributed by atoms with E-state index in [-0.39, 0.29) is 17.9 Å². The highest BCUT2D eigenvalue weighted by Gasteiger charge is 2.29. The molecule has 3 N–H and O–H groups in total. The summed E-state index contributed by atoms with van der Waals surface area (Å²) in [5.41, 5.74) is 10.0. The average Bonchev–Trinajstić information content (AvgIpc) is 3.35. The van der Waals surface area contributed by atoms with Crippen LogP contribution in [0.15, 0.2) is 65.7 Å². The number of carbonyl (C=O) groups is 1. The van der Waals surface area contributed by atoms with E-state index >= 15 is 0 Å². The molecule has 1 aliphatic carbocycles. The van der Waals surface area contributed by atoms with Crippen LogP contribution < -0.4 is 15.8 Å². The van der Waals surface area contributed by atoms with Crippen LogP contribution in [0, 0.1) is 11.8 Å². The van der Waals surface area contributed by atoms with Crippen LogP contribution >= 0.6 is 0 Å². The maximum absolute atomic E-state index is 13.2. The number of benzene rings is 2. The van der Waals surface area contributed by atoms with Crippen molar-refractivity contribution >= 4 is 17.3 Å². The second-order valence-electron chi connectivity index (χ2n) is 8.83. The molecule has 1 heterocycles. The molecular weight excluding hydrogens is 398 g/mol. The van der Waals surface area contributed by atoms with Gasteiger partial charge in [0.25, 0.3) is 0 Å². The van der Waals surface area contributed by atoms with Crippen LogP contribution in [-0.4, -0.2) is 31.3 Å². The summed E-state index contributed by atoms with van der Waals surface area (Å²) < 4.78 is 5.36. The summed E-state index contributed by atoms with van der Waals surface area (Å²) in [6.45, 7) is 0.723. The summed E-state index contributed by atoms with van der Waals surface area (Å²) in [4.78, 5) is 18.1. The van der Waals surface area contributed by atoms with Gasteiger partial charge in [-0.25, -0.2) is 0 Å². The predicted molar refractivity (Wildman–Crippen MR) is 130 cm³/mol. The second kappa shape index (κ2) is 10.6. The number of nitrogens with two attached hydrogens (primary N) is 1. The zero-order valence-corrected chi connectivity index (χ0v) is 18.8. The number of nitrogens with zero attached hydrogens (tertiary/aromatic N) is 1. The summed E-state index contributed by atoms with van der Waals surface area (Å²) >= 11 is 0. The minimum Gasteiger partial charge on any atom is -0.497 e. The van der Waals surface area contributed by atoms with Crippen molar-refractivity contribution in [1.82, 2.24) is 5.32 Å². The lowest BCUT2D eigenvalue weighted by Gasteiger charge is -2.29. The molecule has 5 nitrogen and oxygen atoms in total. The first-order valence-electron chi connectivity index (χ1n) is 11.6. The van der Waals surface area contributed by atoms with E-state index in [2.05, 4.69) is 23.5 Å². The van der Waals surface area contributed by atoms with Gasteiger partial charge in [0, 0.05) is 23.6 Å². The highest BCUT2D eigenvalue weighted by molar-refractivity contribution is 6.01. The van der Waals surface area contributed by atoms with Gasteiger partial charge >= 0.3 is 0 Å². The van der Waals surface area contributed by atoms with Gasteiger partial charge in [0.05, 0.1) is 18.8 Å². The van der Waals surface area contributed by atoms with E-state index in [0.29, 0.717) is 5.92 Å². The highest BCUT2D eigenvalue weighted by Crippen LogP contribution is 2.29. The van der Waals surface area contributed by atoms with Crippen LogP contribution in [-0.2, 0) is 11.2 Å². The quantitative estimate of drug-likeness (QED) is 0.651. The van der Waals surface area contributed by atoms with Crippen molar-refractivity contribution in [3.63, 3.8) is 0 Å². The van der Waals surface area contributed by atoms with Gasteiger partial charge in [0.2, 0.25) is 5.91 Å². The van der Waals surface area contributed by atoms with E-state index < -0.39 is 0 Å². The third-order valence-corrected chi connectivity index (χ3v) is 6.69. The van der Waals surface area contributed by atoms with E-state index in [1.54, 1.807) is 7.11 Å².